The van der Waals surface area contributed by atoms with Crippen molar-refractivity contribution in [2.24, 2.45) is 0 Å². The standard InChI is InChI=1S/C19H22BrNO5/c1-26-16-12-15(20)8-7-13(16)10-14-11-17(22)21(19(14)25)9-5-3-2-4-6-18(23)24/h7-8,10,12H,2-6,9,11H2,1H3,(H,23,24)/b14-10+. The first-order valence-corrected chi connectivity index (χ1v) is 9.32. The summed E-state index contributed by atoms with van der Waals surface area (Å²) in [6.45, 7) is 0.375. The lowest BCUT2D eigenvalue weighted by molar-refractivity contribution is -0.138. The zero-order valence-corrected chi connectivity index (χ0v) is 16.3. The van der Waals surface area contributed by atoms with Crippen LogP contribution in [0.2, 0.25) is 0 Å². The number of halogens is 1. The minimum Gasteiger partial charge on any atom is -0.496 e. The highest BCUT2D eigenvalue weighted by molar-refractivity contribution is 9.10. The smallest absolute Gasteiger partial charge is 0.303 e. The molecule has 1 heterocycles. The minimum atomic E-state index is -0.798. The Morgan fingerprint density at radius 1 is 1.27 bits per heavy atom. The summed E-state index contributed by atoms with van der Waals surface area (Å²) in [6.07, 6.45) is 4.84. The first-order valence-electron chi connectivity index (χ1n) is 8.53. The summed E-state index contributed by atoms with van der Waals surface area (Å²) in [5.74, 6) is -0.620. The molecular weight excluding hydrogens is 402 g/mol. The maximum Gasteiger partial charge on any atom is 0.303 e. The van der Waals surface area contributed by atoms with Gasteiger partial charge in [-0.25, -0.2) is 0 Å². The number of unbranched alkanes of at least 4 members (excludes halogenated alkanes) is 3. The molecule has 0 aliphatic carbocycles. The molecule has 1 fully saturated rings. The molecular formula is C19H22BrNO5. The first kappa shape index (κ1) is 20.2. The van der Waals surface area contributed by atoms with Gasteiger partial charge in [0.05, 0.1) is 13.5 Å². The van der Waals surface area contributed by atoms with Crippen LogP contribution in [0, 0.1) is 0 Å². The molecule has 1 saturated heterocycles. The van der Waals surface area contributed by atoms with Gasteiger partial charge in [0, 0.05) is 28.6 Å². The third kappa shape index (κ3) is 5.42. The quantitative estimate of drug-likeness (QED) is 0.372. The number of rotatable bonds is 9. The van der Waals surface area contributed by atoms with Gasteiger partial charge in [-0.3, -0.25) is 19.3 Å². The van der Waals surface area contributed by atoms with E-state index in [1.165, 1.54) is 4.90 Å². The van der Waals surface area contributed by atoms with Crippen LogP contribution in [0.4, 0.5) is 0 Å². The molecule has 1 aliphatic heterocycles. The molecule has 0 radical (unpaired) electrons. The van der Waals surface area contributed by atoms with Crippen LogP contribution in [-0.2, 0) is 14.4 Å². The van der Waals surface area contributed by atoms with Crippen LogP contribution >= 0.6 is 15.9 Å². The Balaban J connectivity index is 1.95. The monoisotopic (exact) mass is 423 g/mol. The summed E-state index contributed by atoms with van der Waals surface area (Å²) in [4.78, 5) is 36.4. The predicted molar refractivity (Wildman–Crippen MR) is 101 cm³/mol. The van der Waals surface area contributed by atoms with E-state index in [0.29, 0.717) is 30.7 Å². The Kier molecular flexibility index (Phi) is 7.38. The third-order valence-electron chi connectivity index (χ3n) is 4.21. The summed E-state index contributed by atoms with van der Waals surface area (Å²) < 4.78 is 6.19. The number of methoxy groups -OCH3 is 1. The average molecular weight is 424 g/mol. The number of likely N-dealkylation sites (tertiary alicyclic amines) is 1. The number of benzene rings is 1. The number of hydrogen-bond acceptors (Lipinski definition) is 4. The minimum absolute atomic E-state index is 0.0943. The van der Waals surface area contributed by atoms with Crippen molar-refractivity contribution in [1.82, 2.24) is 4.90 Å². The van der Waals surface area contributed by atoms with Crippen molar-refractivity contribution in [3.8, 4) is 5.75 Å². The van der Waals surface area contributed by atoms with Crippen molar-refractivity contribution >= 4 is 39.8 Å². The van der Waals surface area contributed by atoms with E-state index in [-0.39, 0.29) is 24.7 Å². The number of nitrogens with zero attached hydrogens (tertiary/aromatic N) is 1. The second kappa shape index (κ2) is 9.52. The van der Waals surface area contributed by atoms with Crippen molar-refractivity contribution in [2.75, 3.05) is 13.7 Å². The number of aliphatic carboxylic acids is 1. The van der Waals surface area contributed by atoms with Gasteiger partial charge in [0.2, 0.25) is 5.91 Å². The highest BCUT2D eigenvalue weighted by Crippen LogP contribution is 2.28. The van der Waals surface area contributed by atoms with Gasteiger partial charge in [-0.2, -0.15) is 0 Å². The van der Waals surface area contributed by atoms with Gasteiger partial charge in [0.15, 0.2) is 0 Å². The molecule has 6 nitrogen and oxygen atoms in total. The predicted octanol–water partition coefficient (Wildman–Crippen LogP) is 3.64. The molecule has 2 rings (SSSR count). The molecule has 1 aliphatic rings. The van der Waals surface area contributed by atoms with E-state index in [1.807, 2.05) is 18.2 Å². The van der Waals surface area contributed by atoms with Crippen molar-refractivity contribution < 1.29 is 24.2 Å². The van der Waals surface area contributed by atoms with E-state index < -0.39 is 5.97 Å². The molecule has 2 amide bonds. The summed E-state index contributed by atoms with van der Waals surface area (Å²) in [6, 6.07) is 5.49. The molecule has 7 heteroatoms. The number of carbonyl (C=O) groups excluding carboxylic acids is 2. The van der Waals surface area contributed by atoms with E-state index in [9.17, 15) is 14.4 Å². The Labute approximate surface area is 160 Å². The Hall–Kier alpha value is -2.15. The van der Waals surface area contributed by atoms with Crippen LogP contribution in [0.25, 0.3) is 6.08 Å². The number of carboxylic acids is 1. The highest BCUT2D eigenvalue weighted by atomic mass is 79.9. The molecule has 0 atom stereocenters. The van der Waals surface area contributed by atoms with Gasteiger partial charge in [-0.05, 0) is 31.1 Å². The second-order valence-electron chi connectivity index (χ2n) is 6.14. The maximum absolute atomic E-state index is 12.5. The third-order valence-corrected chi connectivity index (χ3v) is 4.70. The molecule has 1 aromatic rings. The van der Waals surface area contributed by atoms with E-state index in [4.69, 9.17) is 9.84 Å². The van der Waals surface area contributed by atoms with Crippen LogP contribution in [-0.4, -0.2) is 41.4 Å². The fourth-order valence-corrected chi connectivity index (χ4v) is 3.19. The van der Waals surface area contributed by atoms with Gasteiger partial charge < -0.3 is 9.84 Å². The summed E-state index contributed by atoms with van der Waals surface area (Å²) >= 11 is 3.37. The largest absolute Gasteiger partial charge is 0.496 e. The summed E-state index contributed by atoms with van der Waals surface area (Å²) in [5, 5.41) is 8.60. The summed E-state index contributed by atoms with van der Waals surface area (Å²) in [7, 11) is 1.56. The fourth-order valence-electron chi connectivity index (χ4n) is 2.85. The Morgan fingerprint density at radius 3 is 2.69 bits per heavy atom. The number of ether oxygens (including phenoxy) is 1. The lowest BCUT2D eigenvalue weighted by Gasteiger charge is -2.13. The van der Waals surface area contributed by atoms with Crippen molar-refractivity contribution in [3.63, 3.8) is 0 Å². The van der Waals surface area contributed by atoms with Crippen molar-refractivity contribution in [3.05, 3.63) is 33.8 Å². The maximum atomic E-state index is 12.5. The molecule has 140 valence electrons. The van der Waals surface area contributed by atoms with Crippen molar-refractivity contribution in [2.45, 2.75) is 38.5 Å². The first-order chi connectivity index (χ1) is 12.4. The van der Waals surface area contributed by atoms with E-state index in [1.54, 1.807) is 13.2 Å². The van der Waals surface area contributed by atoms with E-state index >= 15 is 0 Å². The number of hydrogen-bond donors (Lipinski definition) is 1. The number of carbonyl (C=O) groups is 3. The molecule has 1 N–H and O–H groups in total. The number of carboxylic acid groups (broad SMARTS) is 1. The highest BCUT2D eigenvalue weighted by Gasteiger charge is 2.33. The summed E-state index contributed by atoms with van der Waals surface area (Å²) in [5.41, 5.74) is 1.21. The SMILES string of the molecule is COc1cc(Br)ccc1/C=C1\CC(=O)N(CCCCCCC(=O)O)C1=O. The molecule has 0 aromatic heterocycles. The molecule has 1 aromatic carbocycles. The Bertz CT molecular complexity index is 729. The zero-order valence-electron chi connectivity index (χ0n) is 14.7. The zero-order chi connectivity index (χ0) is 19.1. The molecule has 26 heavy (non-hydrogen) atoms. The van der Waals surface area contributed by atoms with Gasteiger partial charge in [-0.15, -0.1) is 0 Å². The van der Waals surface area contributed by atoms with Crippen LogP contribution in [0.5, 0.6) is 5.75 Å². The lowest BCUT2D eigenvalue weighted by atomic mass is 10.1. The van der Waals surface area contributed by atoms with E-state index in [0.717, 1.165) is 22.9 Å². The van der Waals surface area contributed by atoms with Gasteiger partial charge in [-0.1, -0.05) is 34.8 Å². The van der Waals surface area contributed by atoms with Gasteiger partial charge in [0.25, 0.3) is 5.91 Å². The lowest BCUT2D eigenvalue weighted by Crippen LogP contribution is -2.30. The van der Waals surface area contributed by atoms with Crippen molar-refractivity contribution in [1.29, 1.82) is 0 Å². The molecule has 0 unspecified atom stereocenters. The number of imide groups is 1. The van der Waals surface area contributed by atoms with E-state index in [2.05, 4.69) is 15.9 Å². The van der Waals surface area contributed by atoms with Gasteiger partial charge in [0.1, 0.15) is 5.75 Å². The second-order valence-corrected chi connectivity index (χ2v) is 7.06. The van der Waals surface area contributed by atoms with Crippen LogP contribution in [0.3, 0.4) is 0 Å². The molecule has 0 bridgehead atoms. The van der Waals surface area contributed by atoms with Crippen LogP contribution in [0.15, 0.2) is 28.2 Å². The number of amides is 2. The average Bonchev–Trinajstić information content (AvgIpc) is 2.86. The van der Waals surface area contributed by atoms with Crippen LogP contribution < -0.4 is 4.74 Å². The van der Waals surface area contributed by atoms with Gasteiger partial charge >= 0.3 is 5.97 Å². The molecule has 0 saturated carbocycles. The topological polar surface area (TPSA) is 83.9 Å². The fraction of sp³-hybridized carbons (Fsp3) is 0.421. The Morgan fingerprint density at radius 2 is 2.00 bits per heavy atom. The molecule has 0 spiro atoms. The normalized spacial score (nSPS) is 15.8. The van der Waals surface area contributed by atoms with Crippen LogP contribution in [0.1, 0.15) is 44.1 Å².